The van der Waals surface area contributed by atoms with Crippen LogP contribution in [0.2, 0.25) is 5.02 Å². The van der Waals surface area contributed by atoms with Crippen molar-refractivity contribution in [3.8, 4) is 0 Å². The number of nitro groups is 1. The number of amides is 4. The molecule has 4 aliphatic rings. The summed E-state index contributed by atoms with van der Waals surface area (Å²) in [6.45, 7) is 1.26. The standard InChI is InChI=1S/C32H25ClFN3O8/c1-32-22(29(40)36(31(32)42)16-5-9-24(34)23(33)12-16)13-21-19(27(32)25-10-6-18(14-38)45-25)7-8-20-26(21)30(41)35(28(20)39)15-3-2-4-17(11-15)37(43)44/h2-7,9-12,20-22,26-27,38H,8,13-14H2,1H3/t20-,21+,22-,26-,27+,32+/m0/s1. The van der Waals surface area contributed by atoms with E-state index in [1.165, 1.54) is 36.4 Å². The predicted molar refractivity (Wildman–Crippen MR) is 156 cm³/mol. The van der Waals surface area contributed by atoms with Crippen molar-refractivity contribution in [1.29, 1.82) is 0 Å². The normalized spacial score (nSPS) is 29.1. The fraction of sp³-hybridized carbons (Fsp3) is 0.312. The van der Waals surface area contributed by atoms with Gasteiger partial charge in [-0.15, -0.1) is 0 Å². The molecule has 13 heteroatoms. The third kappa shape index (κ3) is 4.05. The average molecular weight is 634 g/mol. The first-order chi connectivity index (χ1) is 21.5. The molecular weight excluding hydrogens is 609 g/mol. The van der Waals surface area contributed by atoms with Crippen LogP contribution in [0.1, 0.15) is 37.2 Å². The number of halogens is 2. The number of hydrogen-bond donors (Lipinski definition) is 1. The molecule has 4 amide bonds. The number of anilines is 2. The van der Waals surface area contributed by atoms with Crippen molar-refractivity contribution in [1.82, 2.24) is 0 Å². The predicted octanol–water partition coefficient (Wildman–Crippen LogP) is 4.91. The van der Waals surface area contributed by atoms with Crippen LogP contribution in [0.3, 0.4) is 0 Å². The highest BCUT2D eigenvalue weighted by Gasteiger charge is 2.68. The number of nitro benzene ring substituents is 1. The summed E-state index contributed by atoms with van der Waals surface area (Å²) in [6, 6.07) is 12.1. The Kier molecular flexibility index (Phi) is 6.57. The second-order valence-corrected chi connectivity index (χ2v) is 12.4. The van der Waals surface area contributed by atoms with E-state index in [4.69, 9.17) is 16.0 Å². The monoisotopic (exact) mass is 633 g/mol. The van der Waals surface area contributed by atoms with E-state index >= 15 is 0 Å². The molecule has 0 radical (unpaired) electrons. The molecule has 45 heavy (non-hydrogen) atoms. The first-order valence-electron chi connectivity index (χ1n) is 14.3. The number of hydrogen-bond acceptors (Lipinski definition) is 8. The van der Waals surface area contributed by atoms with E-state index < -0.39 is 76.0 Å². The van der Waals surface area contributed by atoms with Gasteiger partial charge >= 0.3 is 0 Å². The topological polar surface area (TPSA) is 151 Å². The van der Waals surface area contributed by atoms with Crippen molar-refractivity contribution < 1.29 is 38.0 Å². The lowest BCUT2D eigenvalue weighted by molar-refractivity contribution is -0.384. The minimum absolute atomic E-state index is 0.0609. The number of furan rings is 1. The van der Waals surface area contributed by atoms with Crippen LogP contribution in [0.15, 0.2) is 70.7 Å². The van der Waals surface area contributed by atoms with Gasteiger partial charge in [0.05, 0.1) is 50.4 Å². The smallest absolute Gasteiger partial charge is 0.271 e. The van der Waals surface area contributed by atoms with Crippen LogP contribution in [0, 0.1) is 45.0 Å². The summed E-state index contributed by atoms with van der Waals surface area (Å²) >= 11 is 6.02. The maximum absolute atomic E-state index is 14.3. The van der Waals surface area contributed by atoms with Crippen LogP contribution in [-0.4, -0.2) is 33.7 Å². The molecule has 0 unspecified atom stereocenters. The summed E-state index contributed by atoms with van der Waals surface area (Å²) in [5.41, 5.74) is -0.833. The van der Waals surface area contributed by atoms with Gasteiger partial charge in [0.15, 0.2) is 0 Å². The van der Waals surface area contributed by atoms with Crippen LogP contribution in [-0.2, 0) is 25.8 Å². The Balaban J connectivity index is 1.34. The number of rotatable bonds is 5. The van der Waals surface area contributed by atoms with Crippen LogP contribution in [0.4, 0.5) is 21.5 Å². The lowest BCUT2D eigenvalue weighted by Gasteiger charge is -2.48. The first kappa shape index (κ1) is 29.1. The lowest BCUT2D eigenvalue weighted by Crippen LogP contribution is -2.48. The molecule has 1 saturated carbocycles. The second-order valence-electron chi connectivity index (χ2n) is 12.0. The zero-order chi connectivity index (χ0) is 31.9. The number of non-ortho nitro benzene ring substituents is 1. The van der Waals surface area contributed by atoms with Gasteiger partial charge < -0.3 is 9.52 Å². The number of benzene rings is 2. The number of aliphatic hydroxyl groups is 1. The number of fused-ring (bicyclic) bond motifs is 4. The highest BCUT2D eigenvalue weighted by molar-refractivity contribution is 6.32. The molecule has 2 saturated heterocycles. The van der Waals surface area contributed by atoms with Gasteiger partial charge in [0.2, 0.25) is 23.6 Å². The Hall–Kier alpha value is -4.68. The van der Waals surface area contributed by atoms with E-state index in [1.807, 2.05) is 6.08 Å². The molecule has 3 fully saturated rings. The number of imide groups is 2. The number of nitrogens with zero attached hydrogens (tertiary/aromatic N) is 3. The van der Waals surface area contributed by atoms with E-state index in [9.17, 15) is 38.8 Å². The van der Waals surface area contributed by atoms with Crippen molar-refractivity contribution in [2.24, 2.45) is 29.1 Å². The van der Waals surface area contributed by atoms with E-state index in [0.29, 0.717) is 11.3 Å². The van der Waals surface area contributed by atoms with Gasteiger partial charge in [0, 0.05) is 12.1 Å². The molecule has 2 aliphatic heterocycles. The molecule has 230 valence electrons. The van der Waals surface area contributed by atoms with Gasteiger partial charge in [-0.2, -0.15) is 0 Å². The Labute approximate surface area is 260 Å². The summed E-state index contributed by atoms with van der Waals surface area (Å²) in [6.07, 6.45) is 2.05. The number of allylic oxidation sites excluding steroid dienone is 2. The molecule has 7 rings (SSSR count). The van der Waals surface area contributed by atoms with Crippen molar-refractivity contribution in [3.05, 3.63) is 98.7 Å². The Morgan fingerprint density at radius 2 is 1.78 bits per heavy atom. The first-order valence-corrected chi connectivity index (χ1v) is 14.7. The van der Waals surface area contributed by atoms with Crippen molar-refractivity contribution in [2.75, 3.05) is 9.80 Å². The maximum atomic E-state index is 14.3. The molecule has 0 spiro atoms. The average Bonchev–Trinajstić information content (AvgIpc) is 3.65. The van der Waals surface area contributed by atoms with Gasteiger partial charge in [-0.05, 0) is 62.1 Å². The highest BCUT2D eigenvalue weighted by Crippen LogP contribution is 2.64. The van der Waals surface area contributed by atoms with Gasteiger partial charge in [-0.25, -0.2) is 14.2 Å². The van der Waals surface area contributed by atoms with Crippen molar-refractivity contribution >= 4 is 52.3 Å². The Bertz CT molecular complexity index is 1870. The maximum Gasteiger partial charge on any atom is 0.271 e. The van der Waals surface area contributed by atoms with E-state index in [2.05, 4.69) is 0 Å². The number of carbonyl (C=O) groups is 4. The minimum Gasteiger partial charge on any atom is -0.463 e. The van der Waals surface area contributed by atoms with E-state index in [0.717, 1.165) is 15.9 Å². The molecule has 1 aromatic heterocycles. The zero-order valence-corrected chi connectivity index (χ0v) is 24.4. The lowest BCUT2D eigenvalue weighted by atomic mass is 9.52. The van der Waals surface area contributed by atoms with Gasteiger partial charge in [-0.3, -0.25) is 29.3 Å². The SMILES string of the molecule is C[C@@]12C(=O)N(c3ccc(F)c(Cl)c3)C(=O)[C@@H]1C[C@@H]1C(=CC[C@@H]3C(=O)N(c4cccc([N+](=O)[O-])c4)C(=O)[C@@H]31)[C@@H]2c1ccc(CO)o1. The van der Waals surface area contributed by atoms with Crippen LogP contribution < -0.4 is 9.80 Å². The summed E-state index contributed by atoms with van der Waals surface area (Å²) < 4.78 is 20.0. The molecule has 3 aromatic rings. The highest BCUT2D eigenvalue weighted by atomic mass is 35.5. The quantitative estimate of drug-likeness (QED) is 0.180. The Morgan fingerprint density at radius 3 is 2.47 bits per heavy atom. The fourth-order valence-electron chi connectivity index (χ4n) is 7.82. The summed E-state index contributed by atoms with van der Waals surface area (Å²) in [5, 5.41) is 20.9. The summed E-state index contributed by atoms with van der Waals surface area (Å²) in [7, 11) is 0. The molecule has 2 aromatic carbocycles. The third-order valence-electron chi connectivity index (χ3n) is 9.86. The largest absolute Gasteiger partial charge is 0.463 e. The van der Waals surface area contributed by atoms with Crippen LogP contribution in [0.25, 0.3) is 0 Å². The second kappa shape index (κ2) is 10.2. The molecule has 6 atom stereocenters. The summed E-state index contributed by atoms with van der Waals surface area (Å²) in [4.78, 5) is 69.0. The summed E-state index contributed by atoms with van der Waals surface area (Å²) in [5.74, 6) is -6.44. The molecule has 0 bridgehead atoms. The third-order valence-corrected chi connectivity index (χ3v) is 10.1. The zero-order valence-electron chi connectivity index (χ0n) is 23.7. The Morgan fingerprint density at radius 1 is 1.02 bits per heavy atom. The van der Waals surface area contributed by atoms with E-state index in [-0.39, 0.29) is 40.7 Å². The van der Waals surface area contributed by atoms with Crippen molar-refractivity contribution in [2.45, 2.75) is 32.3 Å². The van der Waals surface area contributed by atoms with Crippen LogP contribution >= 0.6 is 11.6 Å². The van der Waals surface area contributed by atoms with Gasteiger partial charge in [0.1, 0.15) is 23.9 Å². The minimum atomic E-state index is -1.40. The van der Waals surface area contributed by atoms with Gasteiger partial charge in [0.25, 0.3) is 5.69 Å². The molecule has 11 nitrogen and oxygen atoms in total. The molecule has 1 N–H and O–H groups in total. The molecular formula is C32H25ClFN3O8. The number of carbonyl (C=O) groups excluding carboxylic acids is 4. The molecule has 3 heterocycles. The van der Waals surface area contributed by atoms with Crippen molar-refractivity contribution in [3.63, 3.8) is 0 Å². The van der Waals surface area contributed by atoms with E-state index in [1.54, 1.807) is 19.1 Å². The van der Waals surface area contributed by atoms with Gasteiger partial charge in [-0.1, -0.05) is 29.3 Å². The fourth-order valence-corrected chi connectivity index (χ4v) is 8.00. The van der Waals surface area contributed by atoms with Crippen LogP contribution in [0.5, 0.6) is 0 Å². The molecule has 2 aliphatic carbocycles. The number of aliphatic hydroxyl groups excluding tert-OH is 1.